The summed E-state index contributed by atoms with van der Waals surface area (Å²) < 4.78 is 2.15. The topological polar surface area (TPSA) is 17.8 Å². The second kappa shape index (κ2) is 5.47. The molecule has 0 atom stereocenters. The minimum atomic E-state index is 0.718. The maximum atomic E-state index is 6.13. The largest absolute Gasteiger partial charge is 0.296 e. The summed E-state index contributed by atoms with van der Waals surface area (Å²) in [5, 5.41) is 1.45. The highest BCUT2D eigenvalue weighted by molar-refractivity contribution is 6.31. The standard InChI is InChI=1S/C16H14Cl2N2/c1-2-3-16-19-14-9-6-12(18)10-15(14)20(16)13-7-4-11(17)5-8-13/h4-10H,2-3H2,1H3. The normalized spacial score (nSPS) is 11.2. The van der Waals surface area contributed by atoms with Crippen LogP contribution in [0.5, 0.6) is 0 Å². The monoisotopic (exact) mass is 304 g/mol. The summed E-state index contributed by atoms with van der Waals surface area (Å²) >= 11 is 12.1. The van der Waals surface area contributed by atoms with E-state index in [1.54, 1.807) is 0 Å². The molecule has 0 fully saturated rings. The Morgan fingerprint density at radius 1 is 1.00 bits per heavy atom. The van der Waals surface area contributed by atoms with E-state index >= 15 is 0 Å². The Morgan fingerprint density at radius 3 is 2.40 bits per heavy atom. The van der Waals surface area contributed by atoms with Crippen LogP contribution >= 0.6 is 23.2 Å². The first-order valence-electron chi connectivity index (χ1n) is 6.62. The third kappa shape index (κ3) is 2.41. The Balaban J connectivity index is 2.27. The minimum absolute atomic E-state index is 0.718. The van der Waals surface area contributed by atoms with Gasteiger partial charge in [-0.05, 0) is 48.9 Å². The lowest BCUT2D eigenvalue weighted by Crippen LogP contribution is -2.00. The van der Waals surface area contributed by atoms with Crippen molar-refractivity contribution in [3.8, 4) is 5.69 Å². The molecule has 4 heteroatoms. The fourth-order valence-electron chi connectivity index (χ4n) is 2.37. The maximum Gasteiger partial charge on any atom is 0.114 e. The van der Waals surface area contributed by atoms with Crippen molar-refractivity contribution in [2.24, 2.45) is 0 Å². The van der Waals surface area contributed by atoms with Crippen LogP contribution in [0, 0.1) is 0 Å². The molecule has 0 bridgehead atoms. The predicted molar refractivity (Wildman–Crippen MR) is 85.1 cm³/mol. The summed E-state index contributed by atoms with van der Waals surface area (Å²) in [6.45, 7) is 2.15. The van der Waals surface area contributed by atoms with Crippen LogP contribution < -0.4 is 0 Å². The molecule has 1 aromatic heterocycles. The molecule has 0 spiro atoms. The van der Waals surface area contributed by atoms with E-state index in [-0.39, 0.29) is 0 Å². The molecule has 20 heavy (non-hydrogen) atoms. The lowest BCUT2D eigenvalue weighted by atomic mass is 10.2. The van der Waals surface area contributed by atoms with Crippen LogP contribution in [-0.2, 0) is 6.42 Å². The van der Waals surface area contributed by atoms with Gasteiger partial charge in [0.25, 0.3) is 0 Å². The van der Waals surface area contributed by atoms with Crippen LogP contribution in [0.4, 0.5) is 0 Å². The number of imidazole rings is 1. The summed E-state index contributed by atoms with van der Waals surface area (Å²) in [5.41, 5.74) is 3.05. The molecule has 102 valence electrons. The molecular formula is C16H14Cl2N2. The van der Waals surface area contributed by atoms with Crippen LogP contribution in [0.1, 0.15) is 19.2 Å². The van der Waals surface area contributed by atoms with E-state index in [4.69, 9.17) is 28.2 Å². The molecule has 0 radical (unpaired) electrons. The van der Waals surface area contributed by atoms with Gasteiger partial charge in [-0.1, -0.05) is 30.1 Å². The van der Waals surface area contributed by atoms with Crippen LogP contribution in [0.2, 0.25) is 10.0 Å². The van der Waals surface area contributed by atoms with E-state index in [9.17, 15) is 0 Å². The van der Waals surface area contributed by atoms with Gasteiger partial charge in [-0.3, -0.25) is 4.57 Å². The second-order valence-electron chi connectivity index (χ2n) is 4.72. The molecule has 0 aliphatic rings. The number of benzene rings is 2. The van der Waals surface area contributed by atoms with Crippen molar-refractivity contribution < 1.29 is 0 Å². The van der Waals surface area contributed by atoms with Crippen LogP contribution in [0.15, 0.2) is 42.5 Å². The Hall–Kier alpha value is -1.51. The molecule has 0 aliphatic heterocycles. The smallest absolute Gasteiger partial charge is 0.114 e. The van der Waals surface area contributed by atoms with Gasteiger partial charge in [-0.2, -0.15) is 0 Å². The van der Waals surface area contributed by atoms with Gasteiger partial charge in [0.05, 0.1) is 11.0 Å². The van der Waals surface area contributed by atoms with Crippen molar-refractivity contribution in [2.75, 3.05) is 0 Å². The van der Waals surface area contributed by atoms with Gasteiger partial charge >= 0.3 is 0 Å². The maximum absolute atomic E-state index is 6.13. The summed E-state index contributed by atoms with van der Waals surface area (Å²) in [5.74, 6) is 1.05. The molecule has 0 saturated carbocycles. The zero-order valence-electron chi connectivity index (χ0n) is 11.1. The number of nitrogens with zero attached hydrogens (tertiary/aromatic N) is 2. The number of hydrogen-bond donors (Lipinski definition) is 0. The summed E-state index contributed by atoms with van der Waals surface area (Å²) in [4.78, 5) is 4.71. The quantitative estimate of drug-likeness (QED) is 0.643. The number of rotatable bonds is 3. The van der Waals surface area contributed by atoms with Crippen LogP contribution in [-0.4, -0.2) is 9.55 Å². The Kier molecular flexibility index (Phi) is 3.68. The lowest BCUT2D eigenvalue weighted by Gasteiger charge is -2.09. The Bertz CT molecular complexity index is 745. The SMILES string of the molecule is CCCc1nc2ccc(Cl)cc2n1-c1ccc(Cl)cc1. The zero-order chi connectivity index (χ0) is 14.1. The van der Waals surface area contributed by atoms with E-state index < -0.39 is 0 Å². The molecule has 1 heterocycles. The van der Waals surface area contributed by atoms with Gasteiger partial charge in [-0.15, -0.1) is 0 Å². The van der Waals surface area contributed by atoms with Crippen molar-refractivity contribution in [1.29, 1.82) is 0 Å². The molecule has 0 N–H and O–H groups in total. The van der Waals surface area contributed by atoms with E-state index in [2.05, 4.69) is 11.5 Å². The van der Waals surface area contributed by atoms with Gasteiger partial charge in [0.1, 0.15) is 5.82 Å². The van der Waals surface area contributed by atoms with Crippen LogP contribution in [0.3, 0.4) is 0 Å². The third-order valence-corrected chi connectivity index (χ3v) is 3.73. The number of fused-ring (bicyclic) bond motifs is 1. The zero-order valence-corrected chi connectivity index (χ0v) is 12.6. The average molecular weight is 305 g/mol. The fourth-order valence-corrected chi connectivity index (χ4v) is 2.66. The number of aryl methyl sites for hydroxylation is 1. The molecule has 0 unspecified atom stereocenters. The molecule has 3 rings (SSSR count). The molecule has 2 nitrogen and oxygen atoms in total. The summed E-state index contributed by atoms with van der Waals surface area (Å²) in [7, 11) is 0. The molecule has 3 aromatic rings. The second-order valence-corrected chi connectivity index (χ2v) is 5.60. The van der Waals surface area contributed by atoms with Gasteiger partial charge in [-0.25, -0.2) is 4.98 Å². The Labute approximate surface area is 128 Å². The molecule has 0 amide bonds. The third-order valence-electron chi connectivity index (χ3n) is 3.24. The van der Waals surface area contributed by atoms with Gasteiger partial charge < -0.3 is 0 Å². The number of halogens is 2. The number of hydrogen-bond acceptors (Lipinski definition) is 1. The highest BCUT2D eigenvalue weighted by atomic mass is 35.5. The first kappa shape index (κ1) is 13.5. The van der Waals surface area contributed by atoms with Gasteiger partial charge in [0.2, 0.25) is 0 Å². The average Bonchev–Trinajstić information content (AvgIpc) is 2.78. The molecule has 0 saturated heterocycles. The van der Waals surface area contributed by atoms with Crippen molar-refractivity contribution in [3.05, 3.63) is 58.3 Å². The van der Waals surface area contributed by atoms with Crippen molar-refractivity contribution in [3.63, 3.8) is 0 Å². The minimum Gasteiger partial charge on any atom is -0.296 e. The van der Waals surface area contributed by atoms with Crippen molar-refractivity contribution >= 4 is 34.2 Å². The van der Waals surface area contributed by atoms with Crippen LogP contribution in [0.25, 0.3) is 16.7 Å². The highest BCUT2D eigenvalue weighted by Crippen LogP contribution is 2.26. The first-order valence-corrected chi connectivity index (χ1v) is 7.37. The van der Waals surface area contributed by atoms with E-state index in [1.165, 1.54) is 0 Å². The molecule has 2 aromatic carbocycles. The summed E-state index contributed by atoms with van der Waals surface area (Å²) in [6.07, 6.45) is 1.97. The lowest BCUT2D eigenvalue weighted by molar-refractivity contribution is 0.818. The van der Waals surface area contributed by atoms with E-state index in [1.807, 2.05) is 42.5 Å². The Morgan fingerprint density at radius 2 is 1.70 bits per heavy atom. The fraction of sp³-hybridized carbons (Fsp3) is 0.188. The first-order chi connectivity index (χ1) is 9.69. The van der Waals surface area contributed by atoms with E-state index in [0.29, 0.717) is 0 Å². The van der Waals surface area contributed by atoms with Gasteiger partial charge in [0.15, 0.2) is 0 Å². The van der Waals surface area contributed by atoms with E-state index in [0.717, 1.165) is 45.4 Å². The van der Waals surface area contributed by atoms with Crippen molar-refractivity contribution in [1.82, 2.24) is 9.55 Å². The highest BCUT2D eigenvalue weighted by Gasteiger charge is 2.12. The summed E-state index contributed by atoms with van der Waals surface area (Å²) in [6, 6.07) is 13.6. The van der Waals surface area contributed by atoms with Crippen molar-refractivity contribution in [2.45, 2.75) is 19.8 Å². The van der Waals surface area contributed by atoms with Gasteiger partial charge in [0, 0.05) is 22.2 Å². The molecule has 0 aliphatic carbocycles. The number of aromatic nitrogens is 2. The predicted octanol–water partition coefficient (Wildman–Crippen LogP) is 5.28. The molecular weight excluding hydrogens is 291 g/mol.